The third kappa shape index (κ3) is 4.12. The minimum absolute atomic E-state index is 0.0821. The molecule has 21 heavy (non-hydrogen) atoms. The first kappa shape index (κ1) is 14.7. The van der Waals surface area contributed by atoms with Gasteiger partial charge in [0.1, 0.15) is 12.3 Å². The van der Waals surface area contributed by atoms with Crippen molar-refractivity contribution in [3.8, 4) is 0 Å². The Labute approximate surface area is 122 Å². The van der Waals surface area contributed by atoms with Gasteiger partial charge in [0.25, 0.3) is 0 Å². The number of aromatic carboxylic acids is 1. The number of pyridine rings is 1. The minimum Gasteiger partial charge on any atom is -0.477 e. The van der Waals surface area contributed by atoms with E-state index >= 15 is 0 Å². The molecule has 0 atom stereocenters. The zero-order valence-corrected chi connectivity index (χ0v) is 11.3. The second-order valence-electron chi connectivity index (χ2n) is 4.35. The highest BCUT2D eigenvalue weighted by molar-refractivity contribution is 5.91. The van der Waals surface area contributed by atoms with Gasteiger partial charge in [-0.05, 0) is 17.0 Å². The fourth-order valence-corrected chi connectivity index (χ4v) is 1.77. The largest absolute Gasteiger partial charge is 0.477 e. The first-order chi connectivity index (χ1) is 10.2. The summed E-state index contributed by atoms with van der Waals surface area (Å²) in [6, 6.07) is 18.4. The van der Waals surface area contributed by atoms with E-state index in [0.717, 1.165) is 16.3 Å². The Morgan fingerprint density at radius 2 is 1.57 bits per heavy atom. The van der Waals surface area contributed by atoms with Gasteiger partial charge in [0.05, 0.1) is 0 Å². The number of carboxylic acid groups (broad SMARTS) is 1. The molecule has 1 N–H and O–H groups in total. The molecule has 0 bridgehead atoms. The molecule has 0 saturated carbocycles. The summed E-state index contributed by atoms with van der Waals surface area (Å²) in [5.41, 5.74) is 0.936. The lowest BCUT2D eigenvalue weighted by Crippen LogP contribution is -1.98. The molecule has 1 radical (unpaired) electrons. The molecule has 4 nitrogen and oxygen atoms in total. The number of nitrogens with zero attached hydrogens (tertiary/aromatic N) is 1. The summed E-state index contributed by atoms with van der Waals surface area (Å²) in [4.78, 5) is 14.4. The molecule has 0 spiro atoms. The van der Waals surface area contributed by atoms with E-state index in [1.807, 2.05) is 54.6 Å². The lowest BCUT2D eigenvalue weighted by molar-refractivity contribution is 0.0690. The molecule has 0 unspecified atom stereocenters. The lowest BCUT2D eigenvalue weighted by atomic mass is 10.1. The summed E-state index contributed by atoms with van der Waals surface area (Å²) in [5, 5.41) is 20.7. The van der Waals surface area contributed by atoms with Crippen LogP contribution in [-0.2, 0) is 11.7 Å². The maximum atomic E-state index is 10.6. The van der Waals surface area contributed by atoms with Gasteiger partial charge in [-0.15, -0.1) is 0 Å². The van der Waals surface area contributed by atoms with Crippen molar-refractivity contribution in [2.75, 3.05) is 0 Å². The summed E-state index contributed by atoms with van der Waals surface area (Å²) in [5.74, 6) is -0.995. The van der Waals surface area contributed by atoms with Gasteiger partial charge in [0.15, 0.2) is 0 Å². The van der Waals surface area contributed by atoms with Crippen LogP contribution >= 0.6 is 0 Å². The molecular weight excluding hydrogens is 266 g/mol. The van der Waals surface area contributed by atoms with Gasteiger partial charge in [-0.2, -0.15) is 0 Å². The number of aromatic nitrogens is 1. The van der Waals surface area contributed by atoms with Crippen molar-refractivity contribution in [1.29, 1.82) is 0 Å². The summed E-state index contributed by atoms with van der Waals surface area (Å²) >= 11 is 0. The Balaban J connectivity index is 0.000000173. The molecule has 3 rings (SSSR count). The van der Waals surface area contributed by atoms with Crippen LogP contribution in [-0.4, -0.2) is 16.1 Å². The van der Waals surface area contributed by atoms with Crippen LogP contribution in [0, 0.1) is 0 Å². The van der Waals surface area contributed by atoms with Crippen molar-refractivity contribution in [3.05, 3.63) is 78.1 Å². The van der Waals surface area contributed by atoms with Gasteiger partial charge in [0, 0.05) is 11.6 Å². The smallest absolute Gasteiger partial charge is 0.354 e. The van der Waals surface area contributed by atoms with E-state index in [-0.39, 0.29) is 12.3 Å². The quantitative estimate of drug-likeness (QED) is 0.780. The zero-order valence-electron chi connectivity index (χ0n) is 11.3. The van der Waals surface area contributed by atoms with E-state index in [1.165, 1.54) is 0 Å². The van der Waals surface area contributed by atoms with Gasteiger partial charge >= 0.3 is 5.97 Å². The van der Waals surface area contributed by atoms with Crippen molar-refractivity contribution in [1.82, 2.24) is 4.98 Å². The number of hydrogen-bond donors (Lipinski definition) is 1. The van der Waals surface area contributed by atoms with Crippen LogP contribution in [0.3, 0.4) is 0 Å². The molecule has 0 amide bonds. The number of rotatable bonds is 2. The Kier molecular flexibility index (Phi) is 5.01. The molecule has 4 heteroatoms. The Morgan fingerprint density at radius 3 is 2.14 bits per heavy atom. The molecule has 3 aromatic rings. The maximum absolute atomic E-state index is 10.6. The average molecular weight is 280 g/mol. The first-order valence-corrected chi connectivity index (χ1v) is 6.41. The summed E-state index contributed by atoms with van der Waals surface area (Å²) in [6.45, 7) is -0.110. The Hall–Kier alpha value is -2.72. The van der Waals surface area contributed by atoms with Gasteiger partial charge < -0.3 is 5.11 Å². The molecule has 0 aliphatic rings. The van der Waals surface area contributed by atoms with Crippen molar-refractivity contribution in [2.45, 2.75) is 6.61 Å². The van der Waals surface area contributed by atoms with Crippen molar-refractivity contribution in [2.24, 2.45) is 0 Å². The predicted molar refractivity (Wildman–Crippen MR) is 79.5 cm³/mol. The van der Waals surface area contributed by atoms with Crippen LogP contribution in [0.2, 0.25) is 0 Å². The molecule has 1 aromatic heterocycles. The molecule has 1 heterocycles. The standard InChI is InChI=1S/C10H7NO2.C7H7O/c12-10(13)9-5-7-3-1-2-4-8(7)6-11-9;8-6-7-4-2-1-3-5-7/h1-6H,(H,12,13);1-5H,6H2. The fraction of sp³-hybridized carbons (Fsp3) is 0.0588. The Bertz CT molecular complexity index is 726. The van der Waals surface area contributed by atoms with Gasteiger partial charge in [-0.1, -0.05) is 54.6 Å². The van der Waals surface area contributed by atoms with Crippen LogP contribution in [0.1, 0.15) is 16.1 Å². The monoisotopic (exact) mass is 280 g/mol. The van der Waals surface area contributed by atoms with E-state index in [1.54, 1.807) is 12.3 Å². The van der Waals surface area contributed by atoms with E-state index in [0.29, 0.717) is 0 Å². The highest BCUT2D eigenvalue weighted by Crippen LogP contribution is 2.12. The van der Waals surface area contributed by atoms with Crippen molar-refractivity contribution in [3.63, 3.8) is 0 Å². The third-order valence-corrected chi connectivity index (χ3v) is 2.86. The van der Waals surface area contributed by atoms with Gasteiger partial charge in [-0.25, -0.2) is 14.9 Å². The van der Waals surface area contributed by atoms with E-state index < -0.39 is 5.97 Å². The summed E-state index contributed by atoms with van der Waals surface area (Å²) < 4.78 is 0. The number of hydrogen-bond acceptors (Lipinski definition) is 2. The van der Waals surface area contributed by atoms with Crippen molar-refractivity contribution >= 4 is 16.7 Å². The number of benzene rings is 2. The molecule has 0 fully saturated rings. The first-order valence-electron chi connectivity index (χ1n) is 6.41. The topological polar surface area (TPSA) is 70.1 Å². The molecule has 105 valence electrons. The van der Waals surface area contributed by atoms with Crippen molar-refractivity contribution < 1.29 is 15.0 Å². The molecule has 0 aliphatic heterocycles. The third-order valence-electron chi connectivity index (χ3n) is 2.86. The molecule has 2 aromatic carbocycles. The van der Waals surface area contributed by atoms with Crippen LogP contribution in [0.4, 0.5) is 0 Å². The maximum Gasteiger partial charge on any atom is 0.354 e. The molecule has 0 saturated heterocycles. The average Bonchev–Trinajstić information content (AvgIpc) is 2.55. The molecule has 0 aliphatic carbocycles. The van der Waals surface area contributed by atoms with Crippen LogP contribution in [0.15, 0.2) is 66.9 Å². The normalized spacial score (nSPS) is 9.76. The fourth-order valence-electron chi connectivity index (χ4n) is 1.77. The second kappa shape index (κ2) is 7.17. The highest BCUT2D eigenvalue weighted by atomic mass is 16.4. The number of fused-ring (bicyclic) bond motifs is 1. The SMILES string of the molecule is O=C(O)c1cc2ccccc2cn1.[O]Cc1ccccc1. The van der Waals surface area contributed by atoms with Crippen LogP contribution < -0.4 is 0 Å². The van der Waals surface area contributed by atoms with Gasteiger partial charge in [0.2, 0.25) is 0 Å². The lowest BCUT2D eigenvalue weighted by Gasteiger charge is -1.97. The van der Waals surface area contributed by atoms with E-state index in [9.17, 15) is 9.90 Å². The van der Waals surface area contributed by atoms with Gasteiger partial charge in [-0.3, -0.25) is 0 Å². The zero-order chi connectivity index (χ0) is 15.1. The van der Waals surface area contributed by atoms with E-state index in [4.69, 9.17) is 5.11 Å². The predicted octanol–water partition coefficient (Wildman–Crippen LogP) is 3.55. The molecular formula is C17H14NO3. The van der Waals surface area contributed by atoms with Crippen LogP contribution in [0.5, 0.6) is 0 Å². The second-order valence-corrected chi connectivity index (χ2v) is 4.35. The highest BCUT2D eigenvalue weighted by Gasteiger charge is 2.03. The number of carboxylic acids is 1. The summed E-state index contributed by atoms with van der Waals surface area (Å²) in [6.07, 6.45) is 1.57. The Morgan fingerprint density at radius 1 is 0.952 bits per heavy atom. The number of carbonyl (C=O) groups is 1. The van der Waals surface area contributed by atoms with Crippen LogP contribution in [0.25, 0.3) is 10.8 Å². The van der Waals surface area contributed by atoms with E-state index in [2.05, 4.69) is 4.98 Å². The summed E-state index contributed by atoms with van der Waals surface area (Å²) in [7, 11) is 0. The minimum atomic E-state index is -0.995.